The number of benzene rings is 1. The van der Waals surface area contributed by atoms with Crippen molar-refractivity contribution in [2.24, 2.45) is 0 Å². The minimum atomic E-state index is -4.95. The number of Topliss-reactive ketones (excluding diaryl/α,β-unsaturated/α-hetero) is 1. The first kappa shape index (κ1) is 13.4. The van der Waals surface area contributed by atoms with Crippen LogP contribution in [0.15, 0.2) is 12.1 Å². The van der Waals surface area contributed by atoms with Crippen LogP contribution in [0.4, 0.5) is 18.9 Å². The topological polar surface area (TPSA) is 60.2 Å². The first-order chi connectivity index (χ1) is 7.64. The molecule has 92 valence electrons. The Morgan fingerprint density at radius 1 is 1.41 bits per heavy atom. The molecule has 1 aromatic rings. The zero-order valence-corrected chi connectivity index (χ0v) is 9.09. The van der Waals surface area contributed by atoms with E-state index in [9.17, 15) is 28.1 Å². The maximum atomic E-state index is 12.5. The highest BCUT2D eigenvalue weighted by atomic mass is 35.5. The van der Waals surface area contributed by atoms with Crippen LogP contribution >= 0.6 is 11.6 Å². The number of rotatable bonds is 2. The average molecular weight is 268 g/mol. The van der Waals surface area contributed by atoms with Gasteiger partial charge in [-0.3, -0.25) is 14.9 Å². The summed E-state index contributed by atoms with van der Waals surface area (Å²) in [6, 6.07) is 1.33. The third-order valence-electron chi connectivity index (χ3n) is 1.96. The lowest BCUT2D eigenvalue weighted by Crippen LogP contribution is -2.11. The second-order valence-electron chi connectivity index (χ2n) is 3.16. The summed E-state index contributed by atoms with van der Waals surface area (Å²) < 4.78 is 37.6. The Hall–Kier alpha value is -1.63. The third-order valence-corrected chi connectivity index (χ3v) is 2.25. The molecule has 0 heterocycles. The molecule has 17 heavy (non-hydrogen) atoms. The van der Waals surface area contributed by atoms with Crippen molar-refractivity contribution in [2.75, 3.05) is 0 Å². The van der Waals surface area contributed by atoms with E-state index < -0.39 is 33.2 Å². The number of nitro benzene ring substituents is 1. The third kappa shape index (κ3) is 2.73. The van der Waals surface area contributed by atoms with Crippen LogP contribution in [0.1, 0.15) is 22.8 Å². The highest BCUT2D eigenvalue weighted by Gasteiger charge is 2.41. The predicted octanol–water partition coefficient (Wildman–Crippen LogP) is 3.47. The van der Waals surface area contributed by atoms with Gasteiger partial charge in [-0.15, -0.1) is 0 Å². The highest BCUT2D eigenvalue weighted by Crippen LogP contribution is 2.41. The van der Waals surface area contributed by atoms with E-state index in [-0.39, 0.29) is 5.56 Å². The Balaban J connectivity index is 3.61. The molecule has 0 radical (unpaired) electrons. The minimum Gasteiger partial charge on any atom is -0.295 e. The molecule has 0 amide bonds. The number of hydrogen-bond donors (Lipinski definition) is 0. The Morgan fingerprint density at radius 2 is 1.94 bits per heavy atom. The number of nitrogens with zero attached hydrogens (tertiary/aromatic N) is 1. The summed E-state index contributed by atoms with van der Waals surface area (Å²) in [6.45, 7) is 1.07. The summed E-state index contributed by atoms with van der Waals surface area (Å²) in [5.41, 5.74) is -3.01. The summed E-state index contributed by atoms with van der Waals surface area (Å²) in [6.07, 6.45) is -4.95. The summed E-state index contributed by atoms with van der Waals surface area (Å²) in [5, 5.41) is 9.67. The van der Waals surface area contributed by atoms with Crippen LogP contribution in [0.5, 0.6) is 0 Å². The van der Waals surface area contributed by atoms with Gasteiger partial charge in [-0.1, -0.05) is 11.6 Å². The van der Waals surface area contributed by atoms with Crippen LogP contribution in [-0.2, 0) is 6.18 Å². The van der Waals surface area contributed by atoms with Crippen LogP contribution < -0.4 is 0 Å². The molecule has 4 nitrogen and oxygen atoms in total. The summed E-state index contributed by atoms with van der Waals surface area (Å²) in [7, 11) is 0. The minimum absolute atomic E-state index is 0.241. The van der Waals surface area contributed by atoms with E-state index in [0.717, 1.165) is 13.0 Å². The number of alkyl halides is 3. The van der Waals surface area contributed by atoms with Crippen molar-refractivity contribution in [1.29, 1.82) is 0 Å². The maximum absolute atomic E-state index is 12.5. The lowest BCUT2D eigenvalue weighted by atomic mass is 10.1. The number of carbonyl (C=O) groups excluding carboxylic acids is 1. The monoisotopic (exact) mass is 267 g/mol. The second kappa shape index (κ2) is 4.33. The molecule has 0 aliphatic carbocycles. The molecule has 0 aliphatic heterocycles. The van der Waals surface area contributed by atoms with Gasteiger partial charge in [-0.2, -0.15) is 13.2 Å². The molecule has 0 saturated heterocycles. The Labute approximate surface area is 98.1 Å². The van der Waals surface area contributed by atoms with Gasteiger partial charge in [0.1, 0.15) is 0 Å². The van der Waals surface area contributed by atoms with Crippen molar-refractivity contribution in [1.82, 2.24) is 0 Å². The average Bonchev–Trinajstić information content (AvgIpc) is 2.13. The number of carbonyl (C=O) groups is 1. The van der Waals surface area contributed by atoms with E-state index in [1.165, 1.54) is 0 Å². The number of halogens is 4. The summed E-state index contributed by atoms with van der Waals surface area (Å²) in [4.78, 5) is 20.3. The first-order valence-corrected chi connectivity index (χ1v) is 4.58. The summed E-state index contributed by atoms with van der Waals surface area (Å²) in [5.74, 6) is -0.608. The lowest BCUT2D eigenvalue weighted by molar-refractivity contribution is -0.388. The van der Waals surface area contributed by atoms with Crippen molar-refractivity contribution >= 4 is 23.1 Å². The van der Waals surface area contributed by atoms with Gasteiger partial charge in [0.15, 0.2) is 11.3 Å². The largest absolute Gasteiger partial charge is 0.424 e. The van der Waals surface area contributed by atoms with Crippen LogP contribution in [0, 0.1) is 10.1 Å². The smallest absolute Gasteiger partial charge is 0.295 e. The molecule has 0 saturated carbocycles. The van der Waals surface area contributed by atoms with E-state index in [1.807, 2.05) is 0 Å². The van der Waals surface area contributed by atoms with E-state index in [4.69, 9.17) is 11.6 Å². The van der Waals surface area contributed by atoms with Gasteiger partial charge >= 0.3 is 6.18 Å². The van der Waals surface area contributed by atoms with Gasteiger partial charge in [0.25, 0.3) is 5.69 Å². The lowest BCUT2D eigenvalue weighted by Gasteiger charge is -2.10. The fraction of sp³-hybridized carbons (Fsp3) is 0.222. The Bertz CT molecular complexity index is 499. The van der Waals surface area contributed by atoms with Crippen molar-refractivity contribution in [3.8, 4) is 0 Å². The first-order valence-electron chi connectivity index (χ1n) is 4.20. The molecule has 1 aromatic carbocycles. The van der Waals surface area contributed by atoms with Gasteiger partial charge in [0.05, 0.1) is 9.95 Å². The van der Waals surface area contributed by atoms with Gasteiger partial charge < -0.3 is 0 Å². The van der Waals surface area contributed by atoms with Gasteiger partial charge in [0.2, 0.25) is 0 Å². The van der Waals surface area contributed by atoms with Crippen LogP contribution in [0.2, 0.25) is 5.02 Å². The molecule has 8 heteroatoms. The molecule has 0 aliphatic rings. The molecule has 0 unspecified atom stereocenters. The number of nitro groups is 1. The fourth-order valence-corrected chi connectivity index (χ4v) is 1.54. The Kier molecular flexibility index (Phi) is 3.42. The van der Waals surface area contributed by atoms with Crippen LogP contribution in [-0.4, -0.2) is 10.7 Å². The highest BCUT2D eigenvalue weighted by molar-refractivity contribution is 6.32. The molecular weight excluding hydrogens is 263 g/mol. The van der Waals surface area contributed by atoms with E-state index >= 15 is 0 Å². The maximum Gasteiger partial charge on any atom is 0.424 e. The molecule has 0 aromatic heterocycles. The van der Waals surface area contributed by atoms with Gasteiger partial charge in [-0.05, 0) is 13.0 Å². The number of ketones is 1. The normalized spacial score (nSPS) is 11.4. The van der Waals surface area contributed by atoms with Crippen molar-refractivity contribution in [2.45, 2.75) is 13.1 Å². The van der Waals surface area contributed by atoms with Gasteiger partial charge in [-0.25, -0.2) is 0 Å². The van der Waals surface area contributed by atoms with Crippen molar-refractivity contribution < 1.29 is 22.9 Å². The van der Waals surface area contributed by atoms with Crippen LogP contribution in [0.25, 0.3) is 0 Å². The molecule has 0 atom stereocenters. The standard InChI is InChI=1S/C9H5ClF3NO3/c1-4(15)5-2-6(10)8(9(11,12)13)7(3-5)14(16)17/h2-3H,1H3. The Morgan fingerprint density at radius 3 is 2.29 bits per heavy atom. The molecular formula is C9H5ClF3NO3. The van der Waals surface area contributed by atoms with E-state index in [2.05, 4.69) is 0 Å². The molecule has 0 N–H and O–H groups in total. The van der Waals surface area contributed by atoms with Crippen LogP contribution in [0.3, 0.4) is 0 Å². The summed E-state index contributed by atoms with van der Waals surface area (Å²) >= 11 is 5.33. The van der Waals surface area contributed by atoms with Crippen molar-refractivity contribution in [3.05, 3.63) is 38.4 Å². The molecule has 0 spiro atoms. The quantitative estimate of drug-likeness (QED) is 0.468. The zero-order valence-electron chi connectivity index (χ0n) is 8.34. The van der Waals surface area contributed by atoms with E-state index in [1.54, 1.807) is 0 Å². The number of hydrogen-bond acceptors (Lipinski definition) is 3. The van der Waals surface area contributed by atoms with E-state index in [0.29, 0.717) is 6.07 Å². The SMILES string of the molecule is CC(=O)c1cc(Cl)c(C(F)(F)F)c([N+](=O)[O-])c1. The van der Waals surface area contributed by atoms with Crippen molar-refractivity contribution in [3.63, 3.8) is 0 Å². The zero-order chi connectivity index (χ0) is 13.4. The molecule has 0 fully saturated rings. The predicted molar refractivity (Wildman–Crippen MR) is 53.1 cm³/mol. The molecule has 1 rings (SSSR count). The molecule has 0 bridgehead atoms. The van der Waals surface area contributed by atoms with Gasteiger partial charge in [0, 0.05) is 11.6 Å². The fourth-order valence-electron chi connectivity index (χ4n) is 1.22. The second-order valence-corrected chi connectivity index (χ2v) is 3.57.